The van der Waals surface area contributed by atoms with Crippen LogP contribution in [0, 0.1) is 0 Å². The lowest BCUT2D eigenvalue weighted by Crippen LogP contribution is -2.26. The van der Waals surface area contributed by atoms with Crippen LogP contribution in [0.2, 0.25) is 0 Å². The van der Waals surface area contributed by atoms with Crippen molar-refractivity contribution in [2.45, 2.75) is 38.8 Å². The Balaban J connectivity index is 1.88. The number of amides is 1. The molecular formula is C14H17N3O. The second-order valence-corrected chi connectivity index (χ2v) is 4.83. The smallest absolute Gasteiger partial charge is 0.224 e. The van der Waals surface area contributed by atoms with Crippen LogP contribution in [-0.4, -0.2) is 21.5 Å². The Bertz CT molecular complexity index is 584. The molecule has 1 saturated carbocycles. The summed E-state index contributed by atoms with van der Waals surface area (Å²) in [6.45, 7) is 2.96. The maximum atomic E-state index is 11.9. The van der Waals surface area contributed by atoms with Gasteiger partial charge < -0.3 is 9.88 Å². The molecule has 1 aliphatic carbocycles. The van der Waals surface area contributed by atoms with E-state index in [1.54, 1.807) is 6.20 Å². The third kappa shape index (κ3) is 2.10. The number of nitrogens with zero attached hydrogens (tertiary/aromatic N) is 2. The van der Waals surface area contributed by atoms with Gasteiger partial charge in [0.15, 0.2) is 0 Å². The van der Waals surface area contributed by atoms with Crippen molar-refractivity contribution in [3.63, 3.8) is 0 Å². The number of fused-ring (bicyclic) bond motifs is 1. The van der Waals surface area contributed by atoms with Crippen LogP contribution >= 0.6 is 0 Å². The normalized spacial score (nSPS) is 14.9. The molecule has 0 radical (unpaired) electrons. The van der Waals surface area contributed by atoms with Crippen LogP contribution in [0.3, 0.4) is 0 Å². The molecule has 0 spiro atoms. The summed E-state index contributed by atoms with van der Waals surface area (Å²) in [5.41, 5.74) is 2.03. The molecule has 1 fully saturated rings. The third-order valence-corrected chi connectivity index (χ3v) is 3.35. The van der Waals surface area contributed by atoms with E-state index in [0.717, 1.165) is 36.0 Å². The number of aryl methyl sites for hydroxylation is 1. The monoisotopic (exact) mass is 243 g/mol. The van der Waals surface area contributed by atoms with Crippen molar-refractivity contribution in [2.24, 2.45) is 0 Å². The van der Waals surface area contributed by atoms with Gasteiger partial charge in [0.25, 0.3) is 0 Å². The van der Waals surface area contributed by atoms with Crippen LogP contribution in [0.4, 0.5) is 0 Å². The van der Waals surface area contributed by atoms with E-state index in [2.05, 4.69) is 21.8 Å². The number of carbonyl (C=O) groups is 1. The van der Waals surface area contributed by atoms with Gasteiger partial charge in [0, 0.05) is 30.4 Å². The Morgan fingerprint density at radius 3 is 3.11 bits per heavy atom. The average Bonchev–Trinajstić information content (AvgIpc) is 3.11. The molecule has 4 nitrogen and oxygen atoms in total. The summed E-state index contributed by atoms with van der Waals surface area (Å²) < 4.78 is 2.09. The zero-order chi connectivity index (χ0) is 12.5. The van der Waals surface area contributed by atoms with E-state index in [-0.39, 0.29) is 5.91 Å². The lowest BCUT2D eigenvalue weighted by atomic mass is 10.1. The van der Waals surface area contributed by atoms with E-state index >= 15 is 0 Å². The van der Waals surface area contributed by atoms with Gasteiger partial charge in [-0.2, -0.15) is 0 Å². The lowest BCUT2D eigenvalue weighted by molar-refractivity contribution is -0.120. The predicted octanol–water partition coefficient (Wildman–Crippen LogP) is 1.88. The molecule has 0 saturated heterocycles. The lowest BCUT2D eigenvalue weighted by Gasteiger charge is -2.01. The average molecular weight is 243 g/mol. The first-order valence-electron chi connectivity index (χ1n) is 6.50. The molecule has 18 heavy (non-hydrogen) atoms. The van der Waals surface area contributed by atoms with Crippen molar-refractivity contribution in [3.05, 3.63) is 30.1 Å². The maximum absolute atomic E-state index is 11.9. The van der Waals surface area contributed by atoms with Gasteiger partial charge in [-0.3, -0.25) is 4.79 Å². The molecule has 4 heteroatoms. The quantitative estimate of drug-likeness (QED) is 0.891. The SMILES string of the molecule is CCn1cc(CC(=O)NC2CC2)c2cccnc21. The highest BCUT2D eigenvalue weighted by Crippen LogP contribution is 2.21. The van der Waals surface area contributed by atoms with Gasteiger partial charge in [-0.05, 0) is 37.5 Å². The second-order valence-electron chi connectivity index (χ2n) is 4.83. The van der Waals surface area contributed by atoms with Crippen LogP contribution in [0.15, 0.2) is 24.5 Å². The van der Waals surface area contributed by atoms with Crippen molar-refractivity contribution < 1.29 is 4.79 Å². The Morgan fingerprint density at radius 1 is 1.56 bits per heavy atom. The fourth-order valence-corrected chi connectivity index (χ4v) is 2.26. The maximum Gasteiger partial charge on any atom is 0.224 e. The van der Waals surface area contributed by atoms with Gasteiger partial charge in [-0.25, -0.2) is 4.98 Å². The highest BCUT2D eigenvalue weighted by Gasteiger charge is 2.23. The fourth-order valence-electron chi connectivity index (χ4n) is 2.26. The third-order valence-electron chi connectivity index (χ3n) is 3.35. The topological polar surface area (TPSA) is 46.9 Å². The van der Waals surface area contributed by atoms with Crippen LogP contribution in [0.1, 0.15) is 25.3 Å². The van der Waals surface area contributed by atoms with Crippen LogP contribution in [0.5, 0.6) is 0 Å². The summed E-state index contributed by atoms with van der Waals surface area (Å²) in [6.07, 6.45) is 6.55. The first-order chi connectivity index (χ1) is 8.78. The summed E-state index contributed by atoms with van der Waals surface area (Å²) in [4.78, 5) is 16.2. The fraction of sp³-hybridized carbons (Fsp3) is 0.429. The highest BCUT2D eigenvalue weighted by molar-refractivity contribution is 5.87. The van der Waals surface area contributed by atoms with Crippen molar-refractivity contribution >= 4 is 16.9 Å². The summed E-state index contributed by atoms with van der Waals surface area (Å²) >= 11 is 0. The summed E-state index contributed by atoms with van der Waals surface area (Å²) in [5.74, 6) is 0.122. The molecule has 0 aliphatic heterocycles. The molecule has 1 amide bonds. The van der Waals surface area contributed by atoms with Crippen LogP contribution in [-0.2, 0) is 17.8 Å². The van der Waals surface area contributed by atoms with E-state index in [1.807, 2.05) is 18.3 Å². The van der Waals surface area contributed by atoms with E-state index < -0.39 is 0 Å². The zero-order valence-electron chi connectivity index (χ0n) is 10.5. The van der Waals surface area contributed by atoms with Gasteiger partial charge in [0.1, 0.15) is 5.65 Å². The molecule has 2 aromatic rings. The molecule has 1 aliphatic rings. The number of nitrogens with one attached hydrogen (secondary N) is 1. The van der Waals surface area contributed by atoms with Crippen LogP contribution < -0.4 is 5.32 Å². The van der Waals surface area contributed by atoms with Crippen LogP contribution in [0.25, 0.3) is 11.0 Å². The molecule has 0 aromatic carbocycles. The number of pyridine rings is 1. The number of hydrogen-bond donors (Lipinski definition) is 1. The molecule has 3 rings (SSSR count). The minimum atomic E-state index is 0.122. The first kappa shape index (κ1) is 11.3. The van der Waals surface area contributed by atoms with Crippen molar-refractivity contribution in [1.29, 1.82) is 0 Å². The van der Waals surface area contributed by atoms with E-state index in [0.29, 0.717) is 12.5 Å². The van der Waals surface area contributed by atoms with E-state index in [1.165, 1.54) is 0 Å². The number of rotatable bonds is 4. The minimum Gasteiger partial charge on any atom is -0.353 e. The largest absolute Gasteiger partial charge is 0.353 e. The van der Waals surface area contributed by atoms with Gasteiger partial charge >= 0.3 is 0 Å². The molecule has 94 valence electrons. The molecule has 0 unspecified atom stereocenters. The second kappa shape index (κ2) is 4.44. The molecule has 2 heterocycles. The van der Waals surface area contributed by atoms with Gasteiger partial charge in [0.2, 0.25) is 5.91 Å². The van der Waals surface area contributed by atoms with Gasteiger partial charge in [-0.15, -0.1) is 0 Å². The summed E-state index contributed by atoms with van der Waals surface area (Å²) in [7, 11) is 0. The zero-order valence-corrected chi connectivity index (χ0v) is 10.5. The summed E-state index contributed by atoms with van der Waals surface area (Å²) in [6, 6.07) is 4.38. The number of carbonyl (C=O) groups excluding carboxylic acids is 1. The number of aromatic nitrogens is 2. The number of hydrogen-bond acceptors (Lipinski definition) is 2. The Hall–Kier alpha value is -1.84. The summed E-state index contributed by atoms with van der Waals surface area (Å²) in [5, 5.41) is 4.11. The standard InChI is InChI=1S/C14H17N3O/c1-2-17-9-10(8-13(18)16-11-5-6-11)12-4-3-7-15-14(12)17/h3-4,7,9,11H,2,5-6,8H2,1H3,(H,16,18). The van der Waals surface area contributed by atoms with Crippen molar-refractivity contribution in [3.8, 4) is 0 Å². The highest BCUT2D eigenvalue weighted by atomic mass is 16.1. The Morgan fingerprint density at radius 2 is 2.39 bits per heavy atom. The van der Waals surface area contributed by atoms with Crippen molar-refractivity contribution in [1.82, 2.24) is 14.9 Å². The first-order valence-corrected chi connectivity index (χ1v) is 6.50. The molecule has 2 aromatic heterocycles. The van der Waals surface area contributed by atoms with E-state index in [4.69, 9.17) is 0 Å². The van der Waals surface area contributed by atoms with Gasteiger partial charge in [0.05, 0.1) is 6.42 Å². The predicted molar refractivity (Wildman–Crippen MR) is 70.3 cm³/mol. The molecule has 0 atom stereocenters. The van der Waals surface area contributed by atoms with Crippen molar-refractivity contribution in [2.75, 3.05) is 0 Å². The van der Waals surface area contributed by atoms with E-state index in [9.17, 15) is 4.79 Å². The van der Waals surface area contributed by atoms with Gasteiger partial charge in [-0.1, -0.05) is 0 Å². The Kier molecular flexibility index (Phi) is 2.78. The minimum absolute atomic E-state index is 0.122. The molecule has 1 N–H and O–H groups in total. The molecular weight excluding hydrogens is 226 g/mol. The molecule has 0 bridgehead atoms. The Labute approximate surface area is 106 Å².